The maximum absolute atomic E-state index is 16.6. The van der Waals surface area contributed by atoms with Gasteiger partial charge in [-0.1, -0.05) is 48.5 Å². The molecule has 194 valence electrons. The van der Waals surface area contributed by atoms with E-state index in [1.807, 2.05) is 0 Å². The third-order valence-corrected chi connectivity index (χ3v) is 7.98. The first-order valence-electron chi connectivity index (χ1n) is 10.5. The number of allylic oxidation sites excluding steroid dienone is 4. The first kappa shape index (κ1) is 26.6. The zero-order valence-corrected chi connectivity index (χ0v) is 20.5. The molecule has 0 bridgehead atoms. The van der Waals surface area contributed by atoms with E-state index in [4.69, 9.17) is 0 Å². The zero-order valence-electron chi connectivity index (χ0n) is 18.9. The van der Waals surface area contributed by atoms with E-state index in [2.05, 4.69) is 9.97 Å². The van der Waals surface area contributed by atoms with Crippen LogP contribution in [0.3, 0.4) is 0 Å². The van der Waals surface area contributed by atoms with Crippen molar-refractivity contribution in [2.24, 2.45) is 0 Å². The van der Waals surface area contributed by atoms with Crippen LogP contribution in [0, 0.1) is 0 Å². The highest BCUT2D eigenvalue weighted by Crippen LogP contribution is 2.58. The van der Waals surface area contributed by atoms with Gasteiger partial charge in [-0.15, -0.1) is 0 Å². The molecule has 1 heterocycles. The van der Waals surface area contributed by atoms with Gasteiger partial charge >= 0.3 is 6.18 Å². The standard InChI is InChI=1S/C24H18F4N2O5S2/c1-36(31,32)17-9-7-16(8-10-17)21-18(15-5-3-2-4-6-15)13-19(20-11-12-29-14-30-20)23(25,24(26,27)28)22(21)37(33,34)35/h2-14,19H,1H3,(H,33,34,35). The monoisotopic (exact) mass is 554 g/mol. The number of sulfone groups is 1. The molecular formula is C24H18F4N2O5S2. The molecule has 2 unspecified atom stereocenters. The van der Waals surface area contributed by atoms with Crippen molar-refractivity contribution in [3.8, 4) is 0 Å². The molecule has 13 heteroatoms. The van der Waals surface area contributed by atoms with E-state index in [-0.39, 0.29) is 21.6 Å². The van der Waals surface area contributed by atoms with Crippen LogP contribution in [0.2, 0.25) is 0 Å². The van der Waals surface area contributed by atoms with Crippen molar-refractivity contribution in [1.82, 2.24) is 9.97 Å². The Bertz CT molecular complexity index is 1610. The fourth-order valence-corrected chi connectivity index (χ4v) is 5.95. The Morgan fingerprint density at radius 2 is 1.54 bits per heavy atom. The highest BCUT2D eigenvalue weighted by atomic mass is 32.2. The predicted molar refractivity (Wildman–Crippen MR) is 127 cm³/mol. The van der Waals surface area contributed by atoms with Gasteiger partial charge in [-0.05, 0) is 34.9 Å². The third kappa shape index (κ3) is 4.81. The highest BCUT2D eigenvalue weighted by molar-refractivity contribution is 7.90. The summed E-state index contributed by atoms with van der Waals surface area (Å²) in [7, 11) is -9.57. The molecule has 1 aromatic heterocycles. The van der Waals surface area contributed by atoms with Crippen molar-refractivity contribution < 1.29 is 39.0 Å². The minimum atomic E-state index is -5.85. The Morgan fingerprint density at radius 1 is 0.919 bits per heavy atom. The van der Waals surface area contributed by atoms with E-state index < -0.39 is 53.9 Å². The van der Waals surface area contributed by atoms with Crippen LogP contribution in [0.15, 0.2) is 89.1 Å². The molecule has 2 atom stereocenters. The molecule has 0 fully saturated rings. The number of alkyl halides is 4. The van der Waals surface area contributed by atoms with E-state index in [0.717, 1.165) is 55.2 Å². The molecule has 0 amide bonds. The third-order valence-electron chi connectivity index (χ3n) is 5.84. The van der Waals surface area contributed by atoms with Gasteiger partial charge in [0.25, 0.3) is 15.8 Å². The van der Waals surface area contributed by atoms with Gasteiger partial charge in [0.1, 0.15) is 11.2 Å². The molecule has 7 nitrogen and oxygen atoms in total. The van der Waals surface area contributed by atoms with Gasteiger partial charge in [0.05, 0.1) is 16.5 Å². The largest absolute Gasteiger partial charge is 0.428 e. The fourth-order valence-electron chi connectivity index (χ4n) is 4.22. The van der Waals surface area contributed by atoms with Gasteiger partial charge in [0, 0.05) is 18.0 Å². The van der Waals surface area contributed by atoms with Crippen molar-refractivity contribution >= 4 is 31.1 Å². The molecule has 2 aromatic carbocycles. The lowest BCUT2D eigenvalue weighted by Gasteiger charge is -2.39. The Hall–Kier alpha value is -3.42. The molecule has 0 radical (unpaired) electrons. The van der Waals surface area contributed by atoms with Gasteiger partial charge in [0.15, 0.2) is 9.84 Å². The normalized spacial score (nSPS) is 21.0. The molecule has 0 spiro atoms. The Labute approximate surface area is 209 Å². The quantitative estimate of drug-likeness (QED) is 0.361. The first-order valence-corrected chi connectivity index (χ1v) is 13.8. The number of nitrogens with zero attached hydrogens (tertiary/aromatic N) is 2. The smallest absolute Gasteiger partial charge is 0.282 e. The van der Waals surface area contributed by atoms with Gasteiger partial charge in [-0.25, -0.2) is 22.8 Å². The van der Waals surface area contributed by atoms with Crippen molar-refractivity contribution in [3.05, 3.63) is 101 Å². The lowest BCUT2D eigenvalue weighted by Crippen LogP contribution is -2.51. The summed E-state index contributed by atoms with van der Waals surface area (Å²) in [6.45, 7) is 0. The van der Waals surface area contributed by atoms with Gasteiger partial charge in [0.2, 0.25) is 0 Å². The lowest BCUT2D eigenvalue weighted by atomic mass is 9.74. The number of hydrogen-bond acceptors (Lipinski definition) is 6. The number of rotatable bonds is 5. The summed E-state index contributed by atoms with van der Waals surface area (Å²) in [5, 5.41) is 0. The summed E-state index contributed by atoms with van der Waals surface area (Å²) in [5.41, 5.74) is -6.06. The number of benzene rings is 2. The van der Waals surface area contributed by atoms with Crippen molar-refractivity contribution in [1.29, 1.82) is 0 Å². The topological polar surface area (TPSA) is 114 Å². The van der Waals surface area contributed by atoms with Gasteiger partial charge in [-0.3, -0.25) is 4.55 Å². The molecule has 1 aliphatic carbocycles. The summed E-state index contributed by atoms with van der Waals surface area (Å²) < 4.78 is 119. The van der Waals surface area contributed by atoms with Crippen LogP contribution in [-0.4, -0.2) is 49.5 Å². The molecular weight excluding hydrogens is 536 g/mol. The summed E-state index contributed by atoms with van der Waals surface area (Å²) in [6.07, 6.45) is -2.06. The maximum Gasteiger partial charge on any atom is 0.428 e. The van der Waals surface area contributed by atoms with Crippen molar-refractivity contribution in [2.75, 3.05) is 6.26 Å². The van der Waals surface area contributed by atoms with E-state index in [0.29, 0.717) is 0 Å². The van der Waals surface area contributed by atoms with Crippen LogP contribution in [0.4, 0.5) is 17.6 Å². The molecule has 3 aromatic rings. The van der Waals surface area contributed by atoms with Crippen LogP contribution in [0.5, 0.6) is 0 Å². The number of aromatic nitrogens is 2. The fraction of sp³-hybridized carbons (Fsp3) is 0.167. The SMILES string of the molecule is CS(=O)(=O)c1ccc(C2=C(S(=O)(=O)O)C(F)(C(F)(F)F)C(c3ccncn3)C=C2c2ccccc2)cc1. The van der Waals surface area contributed by atoms with E-state index in [1.165, 1.54) is 24.3 Å². The summed E-state index contributed by atoms with van der Waals surface area (Å²) >= 11 is 0. The Kier molecular flexibility index (Phi) is 6.59. The van der Waals surface area contributed by atoms with Crippen LogP contribution in [-0.2, 0) is 20.0 Å². The molecule has 0 saturated carbocycles. The zero-order chi connectivity index (χ0) is 27.2. The summed E-state index contributed by atoms with van der Waals surface area (Å²) in [6, 6.07) is 12.8. The summed E-state index contributed by atoms with van der Waals surface area (Å²) in [5.74, 6) is -2.32. The lowest BCUT2D eigenvalue weighted by molar-refractivity contribution is -0.218. The van der Waals surface area contributed by atoms with Crippen molar-refractivity contribution in [2.45, 2.75) is 22.7 Å². The second-order valence-corrected chi connectivity index (χ2v) is 11.6. The first-order chi connectivity index (χ1) is 17.2. The van der Waals surface area contributed by atoms with Gasteiger partial charge in [-0.2, -0.15) is 21.6 Å². The molecule has 1 N–H and O–H groups in total. The number of hydrogen-bond donors (Lipinski definition) is 1. The van der Waals surface area contributed by atoms with Crippen LogP contribution >= 0.6 is 0 Å². The van der Waals surface area contributed by atoms with E-state index in [9.17, 15) is 34.6 Å². The van der Waals surface area contributed by atoms with Crippen molar-refractivity contribution in [3.63, 3.8) is 0 Å². The Balaban J connectivity index is 2.17. The second kappa shape index (κ2) is 9.15. The summed E-state index contributed by atoms with van der Waals surface area (Å²) in [4.78, 5) is 5.22. The maximum atomic E-state index is 16.6. The molecule has 4 rings (SSSR count). The van der Waals surface area contributed by atoms with Gasteiger partial charge < -0.3 is 0 Å². The molecule has 1 aliphatic rings. The minimum Gasteiger partial charge on any atom is -0.282 e. The minimum absolute atomic E-state index is 0.138. The molecule has 0 aliphatic heterocycles. The average Bonchev–Trinajstić information content (AvgIpc) is 2.83. The predicted octanol–water partition coefficient (Wildman–Crippen LogP) is 4.63. The molecule has 0 saturated heterocycles. The Morgan fingerprint density at radius 3 is 2.03 bits per heavy atom. The molecule has 37 heavy (non-hydrogen) atoms. The number of halogens is 4. The van der Waals surface area contributed by atoms with Crippen LogP contribution in [0.25, 0.3) is 11.1 Å². The highest BCUT2D eigenvalue weighted by Gasteiger charge is 2.68. The van der Waals surface area contributed by atoms with E-state index in [1.54, 1.807) is 6.07 Å². The van der Waals surface area contributed by atoms with E-state index >= 15 is 4.39 Å². The average molecular weight is 555 g/mol. The van der Waals surface area contributed by atoms with Crippen LogP contribution in [0.1, 0.15) is 22.7 Å². The second-order valence-electron chi connectivity index (χ2n) is 8.24. The van der Waals surface area contributed by atoms with Crippen LogP contribution < -0.4 is 0 Å².